The Hall–Kier alpha value is -1.51. The molecule has 0 rings (SSSR count). The van der Waals surface area contributed by atoms with Crippen molar-refractivity contribution >= 4 is 19.8 Å². The average molecular weight is 1210 g/mol. The summed E-state index contributed by atoms with van der Waals surface area (Å²) >= 11 is 0. The van der Waals surface area contributed by atoms with E-state index in [1.807, 2.05) is 21.1 Å². The molecule has 0 radical (unpaired) electrons. The summed E-state index contributed by atoms with van der Waals surface area (Å²) in [7, 11) is 1.19. The van der Waals surface area contributed by atoms with Gasteiger partial charge < -0.3 is 27.9 Å². The summed E-state index contributed by atoms with van der Waals surface area (Å²) in [6, 6.07) is 0. The van der Waals surface area contributed by atoms with E-state index in [0.29, 0.717) is 17.4 Å². The predicted octanol–water partition coefficient (Wildman–Crippen LogP) is 23.4. The number of nitrogens with zero attached hydrogens (tertiary/aromatic N) is 1. The van der Waals surface area contributed by atoms with Gasteiger partial charge in [0.15, 0.2) is 6.10 Å². The molecule has 0 aliphatic carbocycles. The zero-order valence-electron chi connectivity index (χ0n) is 56.9. The molecule has 0 aromatic heterocycles. The fourth-order valence-electron chi connectivity index (χ4n) is 11.2. The number of likely N-dealkylation sites (N-methyl/N-ethyl adjacent to an activating group) is 1. The van der Waals surface area contributed by atoms with Crippen molar-refractivity contribution in [1.82, 2.24) is 0 Å². The van der Waals surface area contributed by atoms with Crippen molar-refractivity contribution in [3.63, 3.8) is 0 Å². The number of ether oxygens (including phenoxy) is 2. The number of esters is 2. The number of phosphoric acid groups is 1. The van der Waals surface area contributed by atoms with Crippen molar-refractivity contribution in [3.8, 4) is 0 Å². The molecule has 10 heteroatoms. The van der Waals surface area contributed by atoms with Gasteiger partial charge in [-0.25, -0.2) is 0 Å². The second kappa shape index (κ2) is 65.9. The van der Waals surface area contributed by atoms with Gasteiger partial charge in [0.2, 0.25) is 0 Å². The number of allylic oxidation sites excluding steroid dienone is 4. The lowest BCUT2D eigenvalue weighted by atomic mass is 10.0. The van der Waals surface area contributed by atoms with Gasteiger partial charge in [0.1, 0.15) is 19.8 Å². The molecule has 9 nitrogen and oxygen atoms in total. The molecule has 84 heavy (non-hydrogen) atoms. The Balaban J connectivity index is 3.96. The maximum atomic E-state index is 12.9. The van der Waals surface area contributed by atoms with Crippen LogP contribution in [0.4, 0.5) is 0 Å². The molecule has 2 unspecified atom stereocenters. The minimum Gasteiger partial charge on any atom is -0.756 e. The first-order chi connectivity index (χ1) is 41.0. The normalized spacial score (nSPS) is 13.2. The van der Waals surface area contributed by atoms with Gasteiger partial charge in [-0.05, 0) is 64.2 Å². The number of hydrogen-bond donors (Lipinski definition) is 0. The van der Waals surface area contributed by atoms with Gasteiger partial charge in [-0.3, -0.25) is 14.2 Å². The number of carbonyl (C=O) groups excluding carboxylic acids is 2. The fraction of sp³-hybridized carbons (Fsp3) is 0.919. The Morgan fingerprint density at radius 1 is 0.357 bits per heavy atom. The molecule has 0 heterocycles. The van der Waals surface area contributed by atoms with Gasteiger partial charge >= 0.3 is 11.9 Å². The Morgan fingerprint density at radius 2 is 0.607 bits per heavy atom. The quantitative estimate of drug-likeness (QED) is 0.0195. The van der Waals surface area contributed by atoms with Crippen LogP contribution in [0.15, 0.2) is 24.3 Å². The van der Waals surface area contributed by atoms with Crippen LogP contribution in [0.5, 0.6) is 0 Å². The lowest BCUT2D eigenvalue weighted by Gasteiger charge is -2.28. The minimum absolute atomic E-state index is 0.0269. The van der Waals surface area contributed by atoms with E-state index in [2.05, 4.69) is 38.2 Å². The summed E-state index contributed by atoms with van der Waals surface area (Å²) in [5, 5.41) is 0. The number of phosphoric ester groups is 1. The van der Waals surface area contributed by atoms with Crippen LogP contribution in [0, 0.1) is 0 Å². The molecular formula is C74H144NO8P. The average Bonchev–Trinajstić information content (AvgIpc) is 3.61. The van der Waals surface area contributed by atoms with Crippen LogP contribution < -0.4 is 4.89 Å². The van der Waals surface area contributed by atoms with Crippen molar-refractivity contribution in [2.45, 2.75) is 392 Å². The summed E-state index contributed by atoms with van der Waals surface area (Å²) in [6.07, 6.45) is 82.8. The van der Waals surface area contributed by atoms with Crippen molar-refractivity contribution < 1.29 is 42.1 Å². The number of quaternary nitrogens is 1. The van der Waals surface area contributed by atoms with Gasteiger partial charge in [-0.1, -0.05) is 334 Å². The molecular weight excluding hydrogens is 1060 g/mol. The highest BCUT2D eigenvalue weighted by atomic mass is 31.2. The molecule has 0 N–H and O–H groups in total. The fourth-order valence-corrected chi connectivity index (χ4v) is 12.0. The van der Waals surface area contributed by atoms with Gasteiger partial charge in [0.25, 0.3) is 7.82 Å². The molecule has 0 aliphatic heterocycles. The standard InChI is InChI=1S/C74H144NO8P/c1-6-8-10-12-14-16-18-20-22-24-26-28-30-32-34-36-37-39-41-43-45-47-49-51-53-55-57-59-61-63-65-67-74(77)83-72(71-82-84(78,79)81-69-68-75(3,4)5)70-80-73(76)66-64-62-60-58-56-54-52-50-48-46-44-42-40-38-35-33-31-29-27-25-23-21-19-17-15-13-11-9-7-2/h24-27,72H,6-23,28-71H2,1-5H3/b26-24-,27-25-. The van der Waals surface area contributed by atoms with E-state index < -0.39 is 26.5 Å². The zero-order valence-corrected chi connectivity index (χ0v) is 57.8. The van der Waals surface area contributed by atoms with Crippen molar-refractivity contribution in [1.29, 1.82) is 0 Å². The number of rotatable bonds is 70. The summed E-state index contributed by atoms with van der Waals surface area (Å²) in [5.74, 6) is -0.808. The molecule has 0 aromatic rings. The molecule has 0 fully saturated rings. The van der Waals surface area contributed by atoms with Crippen LogP contribution in [-0.4, -0.2) is 70.0 Å². The first kappa shape index (κ1) is 82.5. The Morgan fingerprint density at radius 3 is 0.881 bits per heavy atom. The molecule has 2 atom stereocenters. The Labute approximate surface area is 523 Å². The molecule has 0 spiro atoms. The minimum atomic E-state index is -4.64. The monoisotopic (exact) mass is 1210 g/mol. The summed E-state index contributed by atoms with van der Waals surface area (Å²) < 4.78 is 34.4. The third-order valence-corrected chi connectivity index (χ3v) is 17.9. The third kappa shape index (κ3) is 69.6. The van der Waals surface area contributed by atoms with Crippen LogP contribution in [0.3, 0.4) is 0 Å². The van der Waals surface area contributed by atoms with Crippen LogP contribution in [0.1, 0.15) is 386 Å². The highest BCUT2D eigenvalue weighted by Crippen LogP contribution is 2.38. The molecule has 0 aliphatic rings. The molecule has 0 amide bonds. The lowest BCUT2D eigenvalue weighted by molar-refractivity contribution is -0.870. The van der Waals surface area contributed by atoms with Crippen LogP contribution in [0.25, 0.3) is 0 Å². The smallest absolute Gasteiger partial charge is 0.306 e. The first-order valence-electron chi connectivity index (χ1n) is 37.0. The molecule has 0 saturated heterocycles. The molecule has 0 saturated carbocycles. The van der Waals surface area contributed by atoms with Gasteiger partial charge in [0, 0.05) is 12.8 Å². The van der Waals surface area contributed by atoms with Crippen molar-refractivity contribution in [2.75, 3.05) is 47.5 Å². The van der Waals surface area contributed by atoms with Gasteiger partial charge in [0.05, 0.1) is 27.7 Å². The van der Waals surface area contributed by atoms with E-state index in [1.54, 1.807) is 0 Å². The van der Waals surface area contributed by atoms with E-state index in [0.717, 1.165) is 32.1 Å². The summed E-state index contributed by atoms with van der Waals surface area (Å²) in [4.78, 5) is 38.1. The summed E-state index contributed by atoms with van der Waals surface area (Å²) in [6.45, 7) is 4.32. The molecule has 498 valence electrons. The highest BCUT2D eigenvalue weighted by Gasteiger charge is 2.22. The number of carbonyl (C=O) groups is 2. The van der Waals surface area contributed by atoms with Crippen LogP contribution >= 0.6 is 7.82 Å². The van der Waals surface area contributed by atoms with Gasteiger partial charge in [-0.2, -0.15) is 0 Å². The second-order valence-corrected chi connectivity index (χ2v) is 28.1. The number of hydrogen-bond acceptors (Lipinski definition) is 8. The lowest BCUT2D eigenvalue weighted by Crippen LogP contribution is -2.37. The molecule has 0 aromatic carbocycles. The van der Waals surface area contributed by atoms with E-state index in [1.165, 1.54) is 321 Å². The van der Waals surface area contributed by atoms with E-state index in [9.17, 15) is 19.0 Å². The number of unbranched alkanes of at least 4 members (excludes halogenated alkanes) is 52. The van der Waals surface area contributed by atoms with Crippen molar-refractivity contribution in [3.05, 3.63) is 24.3 Å². The largest absolute Gasteiger partial charge is 0.756 e. The Kier molecular flexibility index (Phi) is 64.7. The molecule has 0 bridgehead atoms. The van der Waals surface area contributed by atoms with Crippen LogP contribution in [-0.2, 0) is 32.7 Å². The summed E-state index contributed by atoms with van der Waals surface area (Å²) in [5.41, 5.74) is 0. The maximum Gasteiger partial charge on any atom is 0.306 e. The third-order valence-electron chi connectivity index (χ3n) is 16.9. The Bertz CT molecular complexity index is 1460. The van der Waals surface area contributed by atoms with Crippen LogP contribution in [0.2, 0.25) is 0 Å². The topological polar surface area (TPSA) is 111 Å². The SMILES string of the molecule is CCCCCCCCCC/C=C\CCCCCCCCCCCCCCCCCCCCCC(=O)OC(COC(=O)CCCCCCCCCCCCCCCCCCC/C=C\CCCCCCCCCC)COP(=O)([O-])OCC[N+](C)(C)C. The van der Waals surface area contributed by atoms with E-state index in [-0.39, 0.29) is 32.0 Å². The zero-order chi connectivity index (χ0) is 61.2. The predicted molar refractivity (Wildman–Crippen MR) is 361 cm³/mol. The highest BCUT2D eigenvalue weighted by molar-refractivity contribution is 7.45. The van der Waals surface area contributed by atoms with Gasteiger partial charge in [-0.15, -0.1) is 0 Å². The second-order valence-electron chi connectivity index (χ2n) is 26.7. The first-order valence-corrected chi connectivity index (χ1v) is 38.5. The van der Waals surface area contributed by atoms with Crippen molar-refractivity contribution in [2.24, 2.45) is 0 Å². The van der Waals surface area contributed by atoms with E-state index in [4.69, 9.17) is 18.5 Å². The van der Waals surface area contributed by atoms with E-state index >= 15 is 0 Å². The maximum absolute atomic E-state index is 12.9.